The van der Waals surface area contributed by atoms with Gasteiger partial charge in [-0.3, -0.25) is 4.79 Å². The molecule has 0 aliphatic heterocycles. The minimum Gasteiger partial charge on any atom is -0.452 e. The molecule has 2 heterocycles. The molecule has 0 fully saturated rings. The highest BCUT2D eigenvalue weighted by Gasteiger charge is 2.13. The second-order valence-electron chi connectivity index (χ2n) is 5.58. The van der Waals surface area contributed by atoms with E-state index < -0.39 is 18.5 Å². The molecular weight excluding hydrogens is 310 g/mol. The summed E-state index contributed by atoms with van der Waals surface area (Å²) < 4.78 is 9.88. The zero-order valence-corrected chi connectivity index (χ0v) is 13.6. The van der Waals surface area contributed by atoms with E-state index in [1.807, 2.05) is 19.9 Å². The van der Waals surface area contributed by atoms with E-state index in [-0.39, 0.29) is 5.82 Å². The van der Waals surface area contributed by atoms with E-state index in [1.165, 1.54) is 0 Å². The number of aryl methyl sites for hydroxylation is 3. The van der Waals surface area contributed by atoms with Crippen molar-refractivity contribution in [1.82, 2.24) is 10.1 Å². The van der Waals surface area contributed by atoms with Crippen LogP contribution in [0, 0.1) is 20.8 Å². The number of carbonyl (C=O) groups is 2. The van der Waals surface area contributed by atoms with Crippen LogP contribution in [0.4, 0.5) is 5.82 Å². The van der Waals surface area contributed by atoms with Crippen LogP contribution in [-0.2, 0) is 9.53 Å². The molecule has 2 aromatic heterocycles. The Morgan fingerprint density at radius 2 is 2.04 bits per heavy atom. The van der Waals surface area contributed by atoms with Gasteiger partial charge in [-0.1, -0.05) is 5.16 Å². The monoisotopic (exact) mass is 327 g/mol. The lowest BCUT2D eigenvalue weighted by atomic mass is 10.1. The lowest BCUT2D eigenvalue weighted by molar-refractivity contribution is -0.119. The molecule has 0 saturated heterocycles. The first-order chi connectivity index (χ1) is 11.4. The van der Waals surface area contributed by atoms with Crippen molar-refractivity contribution in [3.05, 3.63) is 46.8 Å². The third kappa shape index (κ3) is 3.15. The van der Waals surface area contributed by atoms with Crippen molar-refractivity contribution >= 4 is 28.6 Å². The number of anilines is 1. The number of hydrogen-bond acceptors (Lipinski definition) is 5. The number of nitrogens with one attached hydrogen (secondary N) is 2. The summed E-state index contributed by atoms with van der Waals surface area (Å²) in [6.45, 7) is 5.28. The highest BCUT2D eigenvalue weighted by molar-refractivity contribution is 5.98. The molecule has 7 heteroatoms. The van der Waals surface area contributed by atoms with Gasteiger partial charge in [0.1, 0.15) is 5.76 Å². The minimum absolute atomic E-state index is 0.286. The van der Waals surface area contributed by atoms with Gasteiger partial charge in [-0.15, -0.1) is 0 Å². The Morgan fingerprint density at radius 3 is 2.75 bits per heavy atom. The number of hydrogen-bond donors (Lipinski definition) is 2. The van der Waals surface area contributed by atoms with Crippen LogP contribution < -0.4 is 5.32 Å². The molecule has 0 radical (unpaired) electrons. The number of carbonyl (C=O) groups excluding carboxylic acids is 2. The Kier molecular flexibility index (Phi) is 4.07. The molecule has 3 aromatic rings. The average Bonchev–Trinajstić information content (AvgIpc) is 3.08. The van der Waals surface area contributed by atoms with Gasteiger partial charge in [0.15, 0.2) is 12.4 Å². The normalized spacial score (nSPS) is 10.8. The number of nitrogens with zero attached hydrogens (tertiary/aromatic N) is 1. The number of ether oxygens (including phenoxy) is 1. The molecule has 1 amide bonds. The summed E-state index contributed by atoms with van der Waals surface area (Å²) in [7, 11) is 0. The number of H-pyrrole nitrogens is 1. The number of rotatable bonds is 4. The van der Waals surface area contributed by atoms with Gasteiger partial charge < -0.3 is 19.6 Å². The predicted molar refractivity (Wildman–Crippen MR) is 87.9 cm³/mol. The molecule has 24 heavy (non-hydrogen) atoms. The molecule has 3 rings (SSSR count). The van der Waals surface area contributed by atoms with E-state index in [2.05, 4.69) is 15.5 Å². The molecule has 124 valence electrons. The van der Waals surface area contributed by atoms with Gasteiger partial charge in [-0.25, -0.2) is 4.79 Å². The molecular formula is C17H17N3O4. The Balaban J connectivity index is 1.64. The number of aromatic amines is 1. The molecule has 0 saturated carbocycles. The summed E-state index contributed by atoms with van der Waals surface area (Å²) in [5, 5.41) is 7.08. The van der Waals surface area contributed by atoms with Gasteiger partial charge in [-0.2, -0.15) is 0 Å². The van der Waals surface area contributed by atoms with Crippen molar-refractivity contribution in [3.8, 4) is 0 Å². The molecule has 0 aliphatic carbocycles. The Bertz CT molecular complexity index is 923. The summed E-state index contributed by atoms with van der Waals surface area (Å²) in [6, 6.07) is 6.82. The van der Waals surface area contributed by atoms with Gasteiger partial charge in [0, 0.05) is 22.7 Å². The maximum Gasteiger partial charge on any atom is 0.338 e. The van der Waals surface area contributed by atoms with Crippen LogP contribution in [0.25, 0.3) is 10.9 Å². The molecule has 2 N–H and O–H groups in total. The third-order valence-corrected chi connectivity index (χ3v) is 3.77. The topological polar surface area (TPSA) is 97.2 Å². The highest BCUT2D eigenvalue weighted by Crippen LogP contribution is 2.22. The second-order valence-corrected chi connectivity index (χ2v) is 5.58. The number of aromatic nitrogens is 2. The average molecular weight is 327 g/mol. The number of esters is 1. The van der Waals surface area contributed by atoms with Gasteiger partial charge in [0.25, 0.3) is 5.91 Å². The SMILES string of the molecule is Cc1cc(NC(=O)COC(=O)c2ccc3[nH]c(C)c(C)c3c2)no1. The lowest BCUT2D eigenvalue weighted by Crippen LogP contribution is -2.21. The van der Waals surface area contributed by atoms with Crippen molar-refractivity contribution in [3.63, 3.8) is 0 Å². The van der Waals surface area contributed by atoms with Crippen LogP contribution in [0.15, 0.2) is 28.8 Å². The summed E-state index contributed by atoms with van der Waals surface area (Å²) in [6.07, 6.45) is 0. The summed E-state index contributed by atoms with van der Waals surface area (Å²) in [5.41, 5.74) is 3.49. The van der Waals surface area contributed by atoms with Crippen LogP contribution in [0.2, 0.25) is 0 Å². The van der Waals surface area contributed by atoms with Gasteiger partial charge >= 0.3 is 5.97 Å². The van der Waals surface area contributed by atoms with Crippen LogP contribution in [0.1, 0.15) is 27.4 Å². The van der Waals surface area contributed by atoms with E-state index in [1.54, 1.807) is 25.1 Å². The minimum atomic E-state index is -0.554. The zero-order valence-electron chi connectivity index (χ0n) is 13.6. The molecule has 0 bridgehead atoms. The lowest BCUT2D eigenvalue weighted by Gasteiger charge is -2.05. The van der Waals surface area contributed by atoms with E-state index in [0.717, 1.165) is 22.2 Å². The summed E-state index contributed by atoms with van der Waals surface area (Å²) >= 11 is 0. The first kappa shape index (κ1) is 15.8. The first-order valence-corrected chi connectivity index (χ1v) is 7.43. The molecule has 0 atom stereocenters. The van der Waals surface area contributed by atoms with Gasteiger partial charge in [0.05, 0.1) is 5.56 Å². The van der Waals surface area contributed by atoms with E-state index in [9.17, 15) is 9.59 Å². The second kappa shape index (κ2) is 6.19. The molecule has 0 spiro atoms. The summed E-state index contributed by atoms with van der Waals surface area (Å²) in [5.74, 6) is -0.172. The molecule has 1 aromatic carbocycles. The predicted octanol–water partition coefficient (Wildman–Crippen LogP) is 2.88. The van der Waals surface area contributed by atoms with Crippen molar-refractivity contribution in [1.29, 1.82) is 0 Å². The standard InChI is InChI=1S/C17H17N3O4/c1-9-6-15(20-24-9)19-16(21)8-23-17(22)12-4-5-14-13(7-12)10(2)11(3)18-14/h4-7,18H,8H2,1-3H3,(H,19,20,21). The Labute approximate surface area is 138 Å². The fourth-order valence-corrected chi connectivity index (χ4v) is 2.41. The van der Waals surface area contributed by atoms with E-state index in [0.29, 0.717) is 11.3 Å². The maximum absolute atomic E-state index is 12.1. The van der Waals surface area contributed by atoms with Crippen LogP contribution in [-0.4, -0.2) is 28.6 Å². The molecule has 7 nitrogen and oxygen atoms in total. The molecule has 0 unspecified atom stereocenters. The Morgan fingerprint density at radius 1 is 1.25 bits per heavy atom. The Hall–Kier alpha value is -3.09. The van der Waals surface area contributed by atoms with Crippen molar-refractivity contribution in [2.24, 2.45) is 0 Å². The fourth-order valence-electron chi connectivity index (χ4n) is 2.41. The van der Waals surface area contributed by atoms with Crippen molar-refractivity contribution in [2.75, 3.05) is 11.9 Å². The maximum atomic E-state index is 12.1. The van der Waals surface area contributed by atoms with Crippen molar-refractivity contribution < 1.29 is 18.8 Å². The van der Waals surface area contributed by atoms with Gasteiger partial charge in [-0.05, 0) is 44.5 Å². The first-order valence-electron chi connectivity index (χ1n) is 7.43. The highest BCUT2D eigenvalue weighted by atomic mass is 16.5. The van der Waals surface area contributed by atoms with E-state index >= 15 is 0 Å². The van der Waals surface area contributed by atoms with Crippen LogP contribution in [0.5, 0.6) is 0 Å². The van der Waals surface area contributed by atoms with Crippen molar-refractivity contribution in [2.45, 2.75) is 20.8 Å². The van der Waals surface area contributed by atoms with Crippen LogP contribution >= 0.6 is 0 Å². The van der Waals surface area contributed by atoms with Gasteiger partial charge in [0.2, 0.25) is 0 Å². The largest absolute Gasteiger partial charge is 0.452 e. The number of fused-ring (bicyclic) bond motifs is 1. The number of amides is 1. The fraction of sp³-hybridized carbons (Fsp3) is 0.235. The zero-order chi connectivity index (χ0) is 17.3. The van der Waals surface area contributed by atoms with Crippen LogP contribution in [0.3, 0.4) is 0 Å². The number of benzene rings is 1. The quantitative estimate of drug-likeness (QED) is 0.718. The summed E-state index contributed by atoms with van der Waals surface area (Å²) in [4.78, 5) is 27.1. The van der Waals surface area contributed by atoms with E-state index in [4.69, 9.17) is 9.26 Å². The smallest absolute Gasteiger partial charge is 0.338 e. The molecule has 0 aliphatic rings. The third-order valence-electron chi connectivity index (χ3n) is 3.77.